The Hall–Kier alpha value is -1.51. The van der Waals surface area contributed by atoms with Gasteiger partial charge in [-0.2, -0.15) is 0 Å². The zero-order valence-electron chi connectivity index (χ0n) is 9.74. The van der Waals surface area contributed by atoms with Crippen molar-refractivity contribution >= 4 is 11.6 Å². The molecular formula is C13H19N3. The van der Waals surface area contributed by atoms with Crippen LogP contribution in [0.1, 0.15) is 26.2 Å². The highest BCUT2D eigenvalue weighted by atomic mass is 15.1. The molecule has 2 rings (SSSR count). The van der Waals surface area contributed by atoms with Crippen LogP contribution in [0.3, 0.4) is 0 Å². The van der Waals surface area contributed by atoms with Gasteiger partial charge in [-0.3, -0.25) is 4.99 Å². The summed E-state index contributed by atoms with van der Waals surface area (Å²) in [6, 6.07) is 9.89. The van der Waals surface area contributed by atoms with E-state index in [2.05, 4.69) is 17.2 Å². The van der Waals surface area contributed by atoms with E-state index in [1.807, 2.05) is 30.3 Å². The van der Waals surface area contributed by atoms with Crippen molar-refractivity contribution in [2.75, 3.05) is 11.9 Å². The van der Waals surface area contributed by atoms with Crippen LogP contribution >= 0.6 is 0 Å². The Kier molecular flexibility index (Phi) is 3.13. The Labute approximate surface area is 96.8 Å². The van der Waals surface area contributed by atoms with Gasteiger partial charge in [-0.25, -0.2) is 0 Å². The zero-order valence-corrected chi connectivity index (χ0v) is 9.74. The number of hydrogen-bond acceptors (Lipinski definition) is 1. The molecule has 0 amide bonds. The van der Waals surface area contributed by atoms with Crippen molar-refractivity contribution in [3.63, 3.8) is 0 Å². The van der Waals surface area contributed by atoms with Crippen molar-refractivity contribution < 1.29 is 0 Å². The van der Waals surface area contributed by atoms with Gasteiger partial charge in [0.2, 0.25) is 0 Å². The average molecular weight is 217 g/mol. The monoisotopic (exact) mass is 217 g/mol. The van der Waals surface area contributed by atoms with Crippen molar-refractivity contribution in [3.05, 3.63) is 30.3 Å². The summed E-state index contributed by atoms with van der Waals surface area (Å²) in [5.74, 6) is 0.513. The molecule has 0 atom stereocenters. The summed E-state index contributed by atoms with van der Waals surface area (Å²) in [5, 5.41) is 3.09. The number of nitrogens with two attached hydrogens (primary N) is 1. The summed E-state index contributed by atoms with van der Waals surface area (Å²) >= 11 is 0. The first-order valence-electron chi connectivity index (χ1n) is 5.80. The summed E-state index contributed by atoms with van der Waals surface area (Å²) in [6.45, 7) is 3.11. The number of para-hydroxylation sites is 1. The predicted molar refractivity (Wildman–Crippen MR) is 68.5 cm³/mol. The summed E-state index contributed by atoms with van der Waals surface area (Å²) in [7, 11) is 0. The molecule has 0 saturated heterocycles. The number of nitrogens with zero attached hydrogens (tertiary/aromatic N) is 1. The van der Waals surface area contributed by atoms with Gasteiger partial charge in [0, 0.05) is 12.2 Å². The Morgan fingerprint density at radius 1 is 1.38 bits per heavy atom. The van der Waals surface area contributed by atoms with E-state index in [4.69, 9.17) is 5.73 Å². The van der Waals surface area contributed by atoms with Gasteiger partial charge in [0.25, 0.3) is 0 Å². The minimum absolute atomic E-state index is 0.392. The van der Waals surface area contributed by atoms with Gasteiger partial charge in [-0.05, 0) is 30.4 Å². The van der Waals surface area contributed by atoms with Crippen LogP contribution in [-0.2, 0) is 0 Å². The second kappa shape index (κ2) is 4.56. The molecule has 1 saturated carbocycles. The standard InChI is InChI=1S/C13H19N3/c1-13(8-5-9-13)10-15-12(14)16-11-6-3-2-4-7-11/h2-4,6-7H,5,8-10H2,1H3,(H3,14,15,16). The summed E-state index contributed by atoms with van der Waals surface area (Å²) in [5.41, 5.74) is 7.21. The van der Waals surface area contributed by atoms with Crippen LogP contribution in [-0.4, -0.2) is 12.5 Å². The van der Waals surface area contributed by atoms with Crippen LogP contribution in [0.5, 0.6) is 0 Å². The molecule has 0 aliphatic heterocycles. The molecule has 3 heteroatoms. The Morgan fingerprint density at radius 2 is 2.06 bits per heavy atom. The maximum atomic E-state index is 5.83. The molecule has 1 fully saturated rings. The molecule has 86 valence electrons. The average Bonchev–Trinajstić information content (AvgIpc) is 2.25. The lowest BCUT2D eigenvalue weighted by Crippen LogP contribution is -2.31. The number of anilines is 1. The van der Waals surface area contributed by atoms with Gasteiger partial charge in [0.05, 0.1) is 0 Å². The number of benzene rings is 1. The van der Waals surface area contributed by atoms with Gasteiger partial charge in [-0.15, -0.1) is 0 Å². The molecule has 0 spiro atoms. The highest BCUT2D eigenvalue weighted by Gasteiger charge is 2.31. The Morgan fingerprint density at radius 3 is 2.62 bits per heavy atom. The van der Waals surface area contributed by atoms with Gasteiger partial charge in [0.15, 0.2) is 5.96 Å². The summed E-state index contributed by atoms with van der Waals surface area (Å²) in [6.07, 6.45) is 3.88. The normalized spacial score (nSPS) is 18.9. The third-order valence-electron chi connectivity index (χ3n) is 3.24. The second-order valence-electron chi connectivity index (χ2n) is 4.86. The van der Waals surface area contributed by atoms with Crippen molar-refractivity contribution in [2.45, 2.75) is 26.2 Å². The van der Waals surface area contributed by atoms with Crippen molar-refractivity contribution in [2.24, 2.45) is 16.1 Å². The van der Waals surface area contributed by atoms with E-state index in [9.17, 15) is 0 Å². The molecule has 16 heavy (non-hydrogen) atoms. The minimum Gasteiger partial charge on any atom is -0.370 e. The number of hydrogen-bond donors (Lipinski definition) is 2. The van der Waals surface area contributed by atoms with E-state index < -0.39 is 0 Å². The van der Waals surface area contributed by atoms with E-state index in [0.29, 0.717) is 11.4 Å². The van der Waals surface area contributed by atoms with Crippen molar-refractivity contribution in [3.8, 4) is 0 Å². The third-order valence-corrected chi connectivity index (χ3v) is 3.24. The fraction of sp³-hybridized carbons (Fsp3) is 0.462. The Bertz CT molecular complexity index is 366. The zero-order chi connectivity index (χ0) is 11.4. The van der Waals surface area contributed by atoms with Crippen LogP contribution in [0, 0.1) is 5.41 Å². The van der Waals surface area contributed by atoms with E-state index in [1.54, 1.807) is 0 Å². The first kappa shape index (κ1) is 11.0. The molecule has 1 aliphatic carbocycles. The lowest BCUT2D eigenvalue weighted by Gasteiger charge is -2.36. The predicted octanol–water partition coefficient (Wildman–Crippen LogP) is 2.60. The topological polar surface area (TPSA) is 50.4 Å². The maximum absolute atomic E-state index is 5.83. The highest BCUT2D eigenvalue weighted by molar-refractivity contribution is 5.92. The van der Waals surface area contributed by atoms with Gasteiger partial charge in [0.1, 0.15) is 0 Å². The van der Waals surface area contributed by atoms with Gasteiger partial charge in [-0.1, -0.05) is 31.5 Å². The van der Waals surface area contributed by atoms with E-state index in [-0.39, 0.29) is 0 Å². The first-order valence-corrected chi connectivity index (χ1v) is 5.80. The highest BCUT2D eigenvalue weighted by Crippen LogP contribution is 2.40. The lowest BCUT2D eigenvalue weighted by atomic mass is 9.71. The molecule has 1 aromatic carbocycles. The fourth-order valence-electron chi connectivity index (χ4n) is 1.92. The quantitative estimate of drug-likeness (QED) is 0.604. The number of guanidine groups is 1. The molecule has 0 radical (unpaired) electrons. The van der Waals surface area contributed by atoms with E-state index in [0.717, 1.165) is 12.2 Å². The fourth-order valence-corrected chi connectivity index (χ4v) is 1.92. The SMILES string of the molecule is CC1(CN=C(N)Nc2ccccc2)CCC1. The Balaban J connectivity index is 1.88. The first-order chi connectivity index (χ1) is 7.68. The van der Waals surface area contributed by atoms with Crippen LogP contribution in [0.4, 0.5) is 5.69 Å². The van der Waals surface area contributed by atoms with Crippen LogP contribution in [0.25, 0.3) is 0 Å². The molecule has 0 unspecified atom stereocenters. The number of nitrogens with one attached hydrogen (secondary N) is 1. The van der Waals surface area contributed by atoms with Gasteiger partial charge >= 0.3 is 0 Å². The summed E-state index contributed by atoms with van der Waals surface area (Å²) in [4.78, 5) is 4.40. The molecule has 0 bridgehead atoms. The molecule has 1 aromatic rings. The summed E-state index contributed by atoms with van der Waals surface area (Å²) < 4.78 is 0. The largest absolute Gasteiger partial charge is 0.370 e. The van der Waals surface area contributed by atoms with Crippen LogP contribution in [0.15, 0.2) is 35.3 Å². The van der Waals surface area contributed by atoms with E-state index in [1.165, 1.54) is 19.3 Å². The molecular weight excluding hydrogens is 198 g/mol. The third kappa shape index (κ3) is 2.75. The smallest absolute Gasteiger partial charge is 0.193 e. The van der Waals surface area contributed by atoms with Crippen molar-refractivity contribution in [1.82, 2.24) is 0 Å². The van der Waals surface area contributed by atoms with Gasteiger partial charge < -0.3 is 11.1 Å². The van der Waals surface area contributed by atoms with Crippen LogP contribution < -0.4 is 11.1 Å². The minimum atomic E-state index is 0.392. The maximum Gasteiger partial charge on any atom is 0.193 e. The van der Waals surface area contributed by atoms with E-state index >= 15 is 0 Å². The lowest BCUT2D eigenvalue weighted by molar-refractivity contribution is 0.174. The number of aliphatic imine (C=N–C) groups is 1. The number of rotatable bonds is 3. The molecule has 0 aromatic heterocycles. The molecule has 3 N–H and O–H groups in total. The second-order valence-corrected chi connectivity index (χ2v) is 4.86. The van der Waals surface area contributed by atoms with Crippen molar-refractivity contribution in [1.29, 1.82) is 0 Å². The van der Waals surface area contributed by atoms with Crippen LogP contribution in [0.2, 0.25) is 0 Å². The molecule has 1 aliphatic rings. The molecule has 0 heterocycles. The molecule has 3 nitrogen and oxygen atoms in total.